The molecule has 43 heavy (non-hydrogen) atoms. The second-order valence-corrected chi connectivity index (χ2v) is 12.1. The summed E-state index contributed by atoms with van der Waals surface area (Å²) in [4.78, 5) is 30.3. The molecule has 2 atom stereocenters. The van der Waals surface area contributed by atoms with Crippen LogP contribution in [0, 0.1) is 0 Å². The molecule has 1 aliphatic rings. The first-order valence-electron chi connectivity index (χ1n) is 14.0. The Labute approximate surface area is 257 Å². The lowest BCUT2D eigenvalue weighted by Crippen LogP contribution is -2.43. The molecule has 9 nitrogen and oxygen atoms in total. The summed E-state index contributed by atoms with van der Waals surface area (Å²) in [6.45, 7) is 7.31. The summed E-state index contributed by atoms with van der Waals surface area (Å²) in [5.41, 5.74) is 1.59. The lowest BCUT2D eigenvalue weighted by molar-refractivity contribution is -0.144. The van der Waals surface area contributed by atoms with Crippen LogP contribution in [-0.2, 0) is 20.9 Å². The van der Waals surface area contributed by atoms with Gasteiger partial charge in [-0.3, -0.25) is 9.59 Å². The molecule has 3 aromatic rings. The molecule has 1 fully saturated rings. The summed E-state index contributed by atoms with van der Waals surface area (Å²) < 4.78 is 26.8. The minimum Gasteiger partial charge on any atom is -0.497 e. The number of esters is 1. The summed E-state index contributed by atoms with van der Waals surface area (Å²) in [5, 5.41) is 10.4. The van der Waals surface area contributed by atoms with E-state index < -0.39 is 16.8 Å². The molecule has 0 unspecified atom stereocenters. The van der Waals surface area contributed by atoms with Crippen molar-refractivity contribution in [3.8, 4) is 23.0 Å². The zero-order valence-corrected chi connectivity index (χ0v) is 26.4. The van der Waals surface area contributed by atoms with E-state index >= 15 is 0 Å². The van der Waals surface area contributed by atoms with Gasteiger partial charge in [0.2, 0.25) is 5.91 Å². The van der Waals surface area contributed by atoms with E-state index in [4.69, 9.17) is 23.7 Å². The van der Waals surface area contributed by atoms with Crippen molar-refractivity contribution in [3.63, 3.8) is 0 Å². The van der Waals surface area contributed by atoms with Crippen LogP contribution in [0.25, 0.3) is 0 Å². The highest BCUT2D eigenvalue weighted by molar-refractivity contribution is 8.01. The van der Waals surface area contributed by atoms with Crippen molar-refractivity contribution in [2.75, 3.05) is 26.2 Å². The zero-order chi connectivity index (χ0) is 31.3. The third-order valence-electron chi connectivity index (χ3n) is 6.99. The number of anilines is 1. The monoisotopic (exact) mass is 609 g/mol. The molecule has 0 saturated carbocycles. The van der Waals surface area contributed by atoms with Gasteiger partial charge in [-0.05, 0) is 87.9 Å². The van der Waals surface area contributed by atoms with Crippen LogP contribution in [0.5, 0.6) is 23.0 Å². The summed E-state index contributed by atoms with van der Waals surface area (Å²) in [7, 11) is 4.44. The molecular weight excluding hydrogens is 570 g/mol. The zero-order valence-electron chi connectivity index (χ0n) is 25.6. The maximum Gasteiger partial charge on any atom is 0.325 e. The summed E-state index contributed by atoms with van der Waals surface area (Å²) in [6, 6.07) is 17.1. The number of benzene rings is 3. The molecule has 1 aliphatic heterocycles. The number of thioether (sulfide) groups is 1. The van der Waals surface area contributed by atoms with Gasteiger partial charge in [-0.25, -0.2) is 0 Å². The molecule has 1 saturated heterocycles. The normalized spacial score (nSPS) is 18.2. The van der Waals surface area contributed by atoms with Crippen LogP contribution in [0.3, 0.4) is 0 Å². The van der Waals surface area contributed by atoms with Crippen molar-refractivity contribution < 1.29 is 38.4 Å². The number of ether oxygens (including phenoxy) is 5. The van der Waals surface area contributed by atoms with E-state index in [9.17, 15) is 14.7 Å². The minimum atomic E-state index is -1.40. The Morgan fingerprint density at radius 3 is 2.16 bits per heavy atom. The fourth-order valence-electron chi connectivity index (χ4n) is 5.27. The molecule has 10 heteroatoms. The molecule has 0 radical (unpaired) electrons. The topological polar surface area (TPSA) is 104 Å². The van der Waals surface area contributed by atoms with E-state index in [0.29, 0.717) is 39.8 Å². The smallest absolute Gasteiger partial charge is 0.325 e. The van der Waals surface area contributed by atoms with Crippen LogP contribution in [0.4, 0.5) is 5.69 Å². The molecule has 3 aromatic carbocycles. The van der Waals surface area contributed by atoms with E-state index in [0.717, 1.165) is 4.90 Å². The first-order chi connectivity index (χ1) is 20.6. The molecule has 1 amide bonds. The van der Waals surface area contributed by atoms with Gasteiger partial charge < -0.3 is 33.7 Å². The highest BCUT2D eigenvalue weighted by Crippen LogP contribution is 2.55. The average molecular weight is 610 g/mol. The molecule has 4 rings (SSSR count). The fraction of sp³-hybridized carbons (Fsp3) is 0.394. The van der Waals surface area contributed by atoms with E-state index in [1.165, 1.54) is 18.9 Å². The molecule has 0 aliphatic carbocycles. The van der Waals surface area contributed by atoms with Crippen molar-refractivity contribution in [3.05, 3.63) is 71.8 Å². The summed E-state index contributed by atoms with van der Waals surface area (Å²) >= 11 is 1.26. The number of aliphatic hydroxyl groups is 1. The van der Waals surface area contributed by atoms with Gasteiger partial charge in [0, 0.05) is 10.5 Å². The molecule has 1 N–H and O–H groups in total. The number of hydrogen-bond acceptors (Lipinski definition) is 9. The van der Waals surface area contributed by atoms with E-state index in [1.54, 1.807) is 61.6 Å². The molecule has 0 aromatic heterocycles. The molecule has 1 heterocycles. The number of carbonyl (C=O) groups is 2. The van der Waals surface area contributed by atoms with Gasteiger partial charge in [0.25, 0.3) is 0 Å². The maximum atomic E-state index is 14.1. The van der Waals surface area contributed by atoms with Crippen LogP contribution < -0.4 is 23.8 Å². The van der Waals surface area contributed by atoms with Crippen LogP contribution in [-0.4, -0.2) is 55.3 Å². The van der Waals surface area contributed by atoms with E-state index in [1.807, 2.05) is 45.9 Å². The van der Waals surface area contributed by atoms with Gasteiger partial charge in [-0.1, -0.05) is 6.07 Å². The van der Waals surface area contributed by atoms with Crippen LogP contribution in [0.1, 0.15) is 51.3 Å². The lowest BCUT2D eigenvalue weighted by atomic mass is 9.91. The Hall–Kier alpha value is -3.89. The number of rotatable bonds is 12. The Kier molecular flexibility index (Phi) is 10.1. The van der Waals surface area contributed by atoms with Gasteiger partial charge in [-0.15, -0.1) is 11.8 Å². The van der Waals surface area contributed by atoms with Gasteiger partial charge in [0.15, 0.2) is 16.2 Å². The van der Waals surface area contributed by atoms with E-state index in [2.05, 4.69) is 0 Å². The largest absolute Gasteiger partial charge is 0.497 e. The third kappa shape index (κ3) is 6.70. The predicted octanol–water partition coefficient (Wildman–Crippen LogP) is 5.95. The number of nitrogens with zero attached hydrogens (tertiary/aromatic N) is 1. The third-order valence-corrected chi connectivity index (χ3v) is 8.40. The number of methoxy groups -OCH3 is 3. The van der Waals surface area contributed by atoms with Crippen molar-refractivity contribution in [2.24, 2.45) is 0 Å². The van der Waals surface area contributed by atoms with E-state index in [-0.39, 0.29) is 31.1 Å². The maximum absolute atomic E-state index is 14.1. The summed E-state index contributed by atoms with van der Waals surface area (Å²) in [6.07, 6.45) is -0.323. The van der Waals surface area contributed by atoms with Gasteiger partial charge in [0.1, 0.15) is 11.5 Å². The van der Waals surface area contributed by atoms with Crippen LogP contribution in [0.2, 0.25) is 0 Å². The number of amides is 1. The number of carbonyl (C=O) groups excluding carboxylic acids is 2. The second kappa shape index (κ2) is 13.6. The lowest BCUT2D eigenvalue weighted by Gasteiger charge is -2.36. The van der Waals surface area contributed by atoms with Crippen molar-refractivity contribution in [1.82, 2.24) is 0 Å². The quantitative estimate of drug-likeness (QED) is 0.249. The average Bonchev–Trinajstić information content (AvgIpc) is 3.28. The first-order valence-corrected chi connectivity index (χ1v) is 14.9. The van der Waals surface area contributed by atoms with Crippen molar-refractivity contribution in [2.45, 2.75) is 68.6 Å². The Morgan fingerprint density at radius 2 is 1.58 bits per heavy atom. The van der Waals surface area contributed by atoms with Gasteiger partial charge >= 0.3 is 5.97 Å². The van der Waals surface area contributed by atoms with Crippen LogP contribution >= 0.6 is 11.8 Å². The Morgan fingerprint density at radius 1 is 0.907 bits per heavy atom. The highest BCUT2D eigenvalue weighted by atomic mass is 32.2. The summed E-state index contributed by atoms with van der Waals surface area (Å²) in [5.74, 6) is 1.37. The first kappa shape index (κ1) is 32.0. The Bertz CT molecular complexity index is 1440. The fourth-order valence-corrected chi connectivity index (χ4v) is 6.68. The van der Waals surface area contributed by atoms with Gasteiger partial charge in [0.05, 0.1) is 58.3 Å². The SMILES string of the molecule is COC(=O)[C@@]1(Sc2ccc(OC)cc2)CC(=O)N(c2ccc(OC(C)C)cc2CO)[C@@H]1c1ccc(OC(C)C)c(OC)c1. The number of hydrogen-bond donors (Lipinski definition) is 1. The molecule has 230 valence electrons. The van der Waals surface area contributed by atoms with Gasteiger partial charge in [-0.2, -0.15) is 0 Å². The highest BCUT2D eigenvalue weighted by Gasteiger charge is 2.60. The van der Waals surface area contributed by atoms with Crippen molar-refractivity contribution >= 4 is 29.3 Å². The number of aliphatic hydroxyl groups excluding tert-OH is 1. The molecular formula is C33H39NO8S. The predicted molar refractivity (Wildman–Crippen MR) is 165 cm³/mol. The van der Waals surface area contributed by atoms with Crippen LogP contribution in [0.15, 0.2) is 65.6 Å². The van der Waals surface area contributed by atoms with Crippen molar-refractivity contribution in [1.29, 1.82) is 0 Å². The molecule has 0 spiro atoms. The minimum absolute atomic E-state index is 0.0783. The standard InChI is InChI=1S/C33H39NO8S/c1-20(2)41-25-11-14-27(23(16-25)19-35)34-30(36)18-33(32(37)40-7,43-26-12-9-24(38-5)10-13-26)31(34)22-8-15-28(42-21(3)4)29(17-22)39-6/h8-17,20-21,31,35H,18-19H2,1-7H3/t31-,33-/m1/s1. The Balaban J connectivity index is 1.94. The second-order valence-electron chi connectivity index (χ2n) is 10.7. The molecule has 0 bridgehead atoms.